The number of rotatable bonds is 3. The zero-order chi connectivity index (χ0) is 12.4. The molecule has 0 amide bonds. The molecule has 0 fully saturated rings. The highest BCUT2D eigenvalue weighted by Gasteiger charge is 2.12. The van der Waals surface area contributed by atoms with Gasteiger partial charge in [0.2, 0.25) is 0 Å². The number of carbonyl (C=O) groups excluding carboxylic acids is 1. The summed E-state index contributed by atoms with van der Waals surface area (Å²) in [4.78, 5) is 20.7. The SMILES string of the molecule is O=C(Cc1nccs1)c1cccc2cccnc12. The van der Waals surface area contributed by atoms with Gasteiger partial charge in [-0.1, -0.05) is 18.2 Å². The van der Waals surface area contributed by atoms with Gasteiger partial charge in [-0.05, 0) is 12.1 Å². The third-order valence-corrected chi connectivity index (χ3v) is 3.51. The van der Waals surface area contributed by atoms with Crippen LogP contribution in [0.2, 0.25) is 0 Å². The molecule has 0 N–H and O–H groups in total. The van der Waals surface area contributed by atoms with E-state index in [1.165, 1.54) is 11.3 Å². The fraction of sp³-hybridized carbons (Fsp3) is 0.0714. The molecule has 0 atom stereocenters. The minimum Gasteiger partial charge on any atom is -0.294 e. The maximum Gasteiger partial charge on any atom is 0.171 e. The summed E-state index contributed by atoms with van der Waals surface area (Å²) < 4.78 is 0. The smallest absolute Gasteiger partial charge is 0.171 e. The topological polar surface area (TPSA) is 42.9 Å². The molecule has 3 aromatic rings. The Hall–Kier alpha value is -2.07. The highest BCUT2D eigenvalue weighted by Crippen LogP contribution is 2.18. The Morgan fingerprint density at radius 1 is 1.11 bits per heavy atom. The predicted octanol–water partition coefficient (Wildman–Crippen LogP) is 3.12. The van der Waals surface area contributed by atoms with Crippen molar-refractivity contribution in [3.8, 4) is 0 Å². The molecule has 0 bridgehead atoms. The molecule has 3 nitrogen and oxygen atoms in total. The minimum absolute atomic E-state index is 0.0641. The van der Waals surface area contributed by atoms with Crippen LogP contribution in [-0.2, 0) is 6.42 Å². The van der Waals surface area contributed by atoms with Crippen LogP contribution in [0.25, 0.3) is 10.9 Å². The van der Waals surface area contributed by atoms with Crippen LogP contribution in [0, 0.1) is 0 Å². The van der Waals surface area contributed by atoms with E-state index >= 15 is 0 Å². The normalized spacial score (nSPS) is 10.7. The average molecular weight is 254 g/mol. The van der Waals surface area contributed by atoms with Crippen LogP contribution < -0.4 is 0 Å². The molecule has 2 heterocycles. The lowest BCUT2D eigenvalue weighted by atomic mass is 10.0. The van der Waals surface area contributed by atoms with E-state index < -0.39 is 0 Å². The molecular weight excluding hydrogens is 244 g/mol. The molecule has 4 heteroatoms. The number of Topliss-reactive ketones (excluding diaryl/α,β-unsaturated/α-hetero) is 1. The number of benzene rings is 1. The molecule has 3 rings (SSSR count). The molecule has 0 unspecified atom stereocenters. The number of hydrogen-bond donors (Lipinski definition) is 0. The molecule has 0 saturated carbocycles. The van der Waals surface area contributed by atoms with Gasteiger partial charge in [0.1, 0.15) is 5.01 Å². The highest BCUT2D eigenvalue weighted by atomic mass is 32.1. The first-order valence-corrected chi connectivity index (χ1v) is 6.48. The van der Waals surface area contributed by atoms with E-state index in [4.69, 9.17) is 0 Å². The number of carbonyl (C=O) groups is 1. The monoisotopic (exact) mass is 254 g/mol. The van der Waals surface area contributed by atoms with Gasteiger partial charge in [-0.2, -0.15) is 0 Å². The molecule has 88 valence electrons. The van der Waals surface area contributed by atoms with Crippen molar-refractivity contribution in [1.29, 1.82) is 0 Å². The van der Waals surface area contributed by atoms with Crippen LogP contribution in [-0.4, -0.2) is 15.8 Å². The van der Waals surface area contributed by atoms with Gasteiger partial charge in [-0.15, -0.1) is 11.3 Å². The first-order valence-electron chi connectivity index (χ1n) is 5.60. The average Bonchev–Trinajstić information content (AvgIpc) is 2.91. The maximum atomic E-state index is 12.3. The molecule has 0 aliphatic rings. The molecule has 0 spiro atoms. The number of nitrogens with zero attached hydrogens (tertiary/aromatic N) is 2. The Morgan fingerprint density at radius 2 is 2.00 bits per heavy atom. The standard InChI is InChI=1S/C14H10N2OS/c17-12(9-13-15-7-8-18-13)11-5-1-3-10-4-2-6-16-14(10)11/h1-8H,9H2. The van der Waals surface area contributed by atoms with E-state index in [-0.39, 0.29) is 5.78 Å². The molecular formula is C14H10N2OS. The Balaban J connectivity index is 2.01. The minimum atomic E-state index is 0.0641. The van der Waals surface area contributed by atoms with Gasteiger partial charge in [-0.3, -0.25) is 9.78 Å². The van der Waals surface area contributed by atoms with E-state index in [9.17, 15) is 4.79 Å². The third kappa shape index (κ3) is 2.02. The zero-order valence-electron chi connectivity index (χ0n) is 9.54. The van der Waals surface area contributed by atoms with Crippen LogP contribution in [0.15, 0.2) is 48.1 Å². The van der Waals surface area contributed by atoms with E-state index in [0.29, 0.717) is 12.0 Å². The predicted molar refractivity (Wildman–Crippen MR) is 71.9 cm³/mol. The van der Waals surface area contributed by atoms with E-state index in [2.05, 4.69) is 9.97 Å². The number of pyridine rings is 1. The van der Waals surface area contributed by atoms with Crippen molar-refractivity contribution in [2.75, 3.05) is 0 Å². The number of ketones is 1. The number of aromatic nitrogens is 2. The molecule has 0 aliphatic carbocycles. The van der Waals surface area contributed by atoms with Gasteiger partial charge >= 0.3 is 0 Å². The lowest BCUT2D eigenvalue weighted by molar-refractivity contribution is 0.0994. The lowest BCUT2D eigenvalue weighted by Gasteiger charge is -2.03. The second-order valence-electron chi connectivity index (χ2n) is 3.91. The summed E-state index contributed by atoms with van der Waals surface area (Å²) in [7, 11) is 0. The Kier molecular flexibility index (Phi) is 2.86. The second-order valence-corrected chi connectivity index (χ2v) is 4.89. The molecule has 1 aromatic carbocycles. The van der Waals surface area contributed by atoms with Gasteiger partial charge < -0.3 is 0 Å². The van der Waals surface area contributed by atoms with Crippen molar-refractivity contribution in [3.05, 3.63) is 58.7 Å². The molecule has 0 saturated heterocycles. The second kappa shape index (κ2) is 4.66. The van der Waals surface area contributed by atoms with E-state index in [1.54, 1.807) is 12.4 Å². The maximum absolute atomic E-state index is 12.3. The van der Waals surface area contributed by atoms with Gasteiger partial charge in [0.05, 0.1) is 11.9 Å². The molecule has 0 aliphatic heterocycles. The molecule has 0 radical (unpaired) electrons. The summed E-state index contributed by atoms with van der Waals surface area (Å²) in [6, 6.07) is 9.51. The van der Waals surface area contributed by atoms with Crippen LogP contribution in [0.3, 0.4) is 0 Å². The summed E-state index contributed by atoms with van der Waals surface area (Å²) in [6.07, 6.45) is 3.77. The highest BCUT2D eigenvalue weighted by molar-refractivity contribution is 7.09. The number of hydrogen-bond acceptors (Lipinski definition) is 4. The van der Waals surface area contributed by atoms with Crippen molar-refractivity contribution in [1.82, 2.24) is 9.97 Å². The summed E-state index contributed by atoms with van der Waals surface area (Å²) in [5.74, 6) is 0.0641. The van der Waals surface area contributed by atoms with Crippen LogP contribution in [0.5, 0.6) is 0 Å². The third-order valence-electron chi connectivity index (χ3n) is 2.73. The van der Waals surface area contributed by atoms with Crippen molar-refractivity contribution in [2.45, 2.75) is 6.42 Å². The first-order chi connectivity index (χ1) is 8.84. The van der Waals surface area contributed by atoms with Gasteiger partial charge in [0, 0.05) is 28.7 Å². The number of thiazole rings is 1. The summed E-state index contributed by atoms with van der Waals surface area (Å²) in [6.45, 7) is 0. The quantitative estimate of drug-likeness (QED) is 0.674. The zero-order valence-corrected chi connectivity index (χ0v) is 10.4. The fourth-order valence-corrected chi connectivity index (χ4v) is 2.52. The summed E-state index contributed by atoms with van der Waals surface area (Å²) in [5, 5.41) is 3.71. The summed E-state index contributed by atoms with van der Waals surface area (Å²) in [5.41, 5.74) is 1.44. The number of para-hydroxylation sites is 1. The Morgan fingerprint density at radius 3 is 2.83 bits per heavy atom. The van der Waals surface area contributed by atoms with Gasteiger partial charge in [0.15, 0.2) is 5.78 Å². The largest absolute Gasteiger partial charge is 0.294 e. The van der Waals surface area contributed by atoms with Gasteiger partial charge in [0.25, 0.3) is 0 Å². The van der Waals surface area contributed by atoms with Crippen LogP contribution >= 0.6 is 11.3 Å². The number of fused-ring (bicyclic) bond motifs is 1. The summed E-state index contributed by atoms with van der Waals surface area (Å²) >= 11 is 1.50. The molecule has 2 aromatic heterocycles. The van der Waals surface area contributed by atoms with E-state index in [1.807, 2.05) is 35.7 Å². The van der Waals surface area contributed by atoms with Crippen LogP contribution in [0.1, 0.15) is 15.4 Å². The molecule has 18 heavy (non-hydrogen) atoms. The Bertz CT molecular complexity index is 687. The van der Waals surface area contributed by atoms with E-state index in [0.717, 1.165) is 15.9 Å². The van der Waals surface area contributed by atoms with Crippen molar-refractivity contribution >= 4 is 28.0 Å². The first kappa shape index (κ1) is 11.0. The van der Waals surface area contributed by atoms with Crippen molar-refractivity contribution < 1.29 is 4.79 Å². The van der Waals surface area contributed by atoms with Gasteiger partial charge in [-0.25, -0.2) is 4.98 Å². The Labute approximate surface area is 108 Å². The van der Waals surface area contributed by atoms with Crippen molar-refractivity contribution in [2.24, 2.45) is 0 Å². The fourth-order valence-electron chi connectivity index (χ4n) is 1.90. The van der Waals surface area contributed by atoms with Crippen molar-refractivity contribution in [3.63, 3.8) is 0 Å². The lowest BCUT2D eigenvalue weighted by Crippen LogP contribution is -2.04. The van der Waals surface area contributed by atoms with Crippen LogP contribution in [0.4, 0.5) is 0 Å².